The maximum absolute atomic E-state index is 12.6. The van der Waals surface area contributed by atoms with Crippen molar-refractivity contribution in [1.82, 2.24) is 14.5 Å². The van der Waals surface area contributed by atoms with Crippen molar-refractivity contribution in [1.29, 1.82) is 0 Å². The molecule has 8 heteroatoms. The van der Waals surface area contributed by atoms with E-state index in [9.17, 15) is 13.2 Å². The number of nitrogens with two attached hydrogens (primary N) is 1. The molecule has 0 aliphatic carbocycles. The zero-order chi connectivity index (χ0) is 22.1. The van der Waals surface area contributed by atoms with Crippen molar-refractivity contribution < 1.29 is 13.2 Å². The van der Waals surface area contributed by atoms with E-state index in [-0.39, 0.29) is 17.1 Å². The Labute approximate surface area is 179 Å². The maximum atomic E-state index is 12.6. The molecule has 166 valence electrons. The highest BCUT2D eigenvalue weighted by molar-refractivity contribution is 7.91. The first-order valence-electron chi connectivity index (χ1n) is 10.7. The molecule has 2 aromatic rings. The molecule has 1 fully saturated rings. The van der Waals surface area contributed by atoms with Crippen LogP contribution < -0.4 is 5.73 Å². The van der Waals surface area contributed by atoms with Gasteiger partial charge in [-0.2, -0.15) is 0 Å². The Balaban J connectivity index is 1.94. The highest BCUT2D eigenvalue weighted by Crippen LogP contribution is 2.30. The number of imidazole rings is 1. The molecule has 1 amide bonds. The number of carbonyl (C=O) groups is 1. The summed E-state index contributed by atoms with van der Waals surface area (Å²) < 4.78 is 27.5. The molecule has 0 spiro atoms. The molecule has 3 rings (SSSR count). The van der Waals surface area contributed by atoms with Crippen LogP contribution in [0, 0.1) is 5.92 Å². The van der Waals surface area contributed by atoms with E-state index in [4.69, 9.17) is 10.7 Å². The van der Waals surface area contributed by atoms with Crippen molar-refractivity contribution in [2.45, 2.75) is 63.8 Å². The molecule has 1 aliphatic rings. The standard InChI is InChI=1S/C22H34N4O3S/c1-16(27)25-11-8-17(9-12-25)15-26-20-7-6-18(30(28,29)13-5-10-23)14-19(20)24-21(26)22(2,3)4/h6-7,14,17H,5,8-13,15,23H2,1-4H3. The van der Waals surface area contributed by atoms with Crippen molar-refractivity contribution in [3.8, 4) is 0 Å². The van der Waals surface area contributed by atoms with Crippen LogP contribution in [0.1, 0.15) is 52.8 Å². The van der Waals surface area contributed by atoms with Crippen molar-refractivity contribution in [2.24, 2.45) is 11.7 Å². The van der Waals surface area contributed by atoms with Gasteiger partial charge in [0.1, 0.15) is 5.82 Å². The number of fused-ring (bicyclic) bond motifs is 1. The highest BCUT2D eigenvalue weighted by atomic mass is 32.2. The van der Waals surface area contributed by atoms with Gasteiger partial charge in [-0.25, -0.2) is 13.4 Å². The minimum atomic E-state index is -3.36. The van der Waals surface area contributed by atoms with Gasteiger partial charge in [0.2, 0.25) is 5.91 Å². The number of amides is 1. The normalized spacial score (nSPS) is 16.4. The fourth-order valence-electron chi connectivity index (χ4n) is 4.14. The molecular formula is C22H34N4O3S. The smallest absolute Gasteiger partial charge is 0.219 e. The predicted octanol–water partition coefficient (Wildman–Crippen LogP) is 2.71. The van der Waals surface area contributed by atoms with Gasteiger partial charge in [-0.3, -0.25) is 4.79 Å². The SMILES string of the molecule is CC(=O)N1CCC(Cn2c(C(C)(C)C)nc3cc(S(=O)(=O)CCCN)ccc32)CC1. The monoisotopic (exact) mass is 434 g/mol. The van der Waals surface area contributed by atoms with Gasteiger partial charge in [0.25, 0.3) is 0 Å². The van der Waals surface area contributed by atoms with Gasteiger partial charge in [0.05, 0.1) is 21.7 Å². The second kappa shape index (κ2) is 8.67. The van der Waals surface area contributed by atoms with Crippen LogP contribution in [0.5, 0.6) is 0 Å². The lowest BCUT2D eigenvalue weighted by Gasteiger charge is -2.32. The van der Waals surface area contributed by atoms with Crippen molar-refractivity contribution in [3.63, 3.8) is 0 Å². The average molecular weight is 435 g/mol. The summed E-state index contributed by atoms with van der Waals surface area (Å²) in [7, 11) is -3.36. The third kappa shape index (κ3) is 4.86. The number of piperidine rings is 1. The number of rotatable bonds is 6. The van der Waals surface area contributed by atoms with Crippen molar-refractivity contribution >= 4 is 26.8 Å². The number of hydrogen-bond acceptors (Lipinski definition) is 5. The Morgan fingerprint density at radius 1 is 1.23 bits per heavy atom. The zero-order valence-electron chi connectivity index (χ0n) is 18.5. The Kier molecular flexibility index (Phi) is 6.57. The van der Waals surface area contributed by atoms with E-state index in [1.807, 2.05) is 11.0 Å². The van der Waals surface area contributed by atoms with Crippen LogP contribution in [0.3, 0.4) is 0 Å². The van der Waals surface area contributed by atoms with Gasteiger partial charge in [0, 0.05) is 32.0 Å². The summed E-state index contributed by atoms with van der Waals surface area (Å²) in [5.41, 5.74) is 7.00. The van der Waals surface area contributed by atoms with Gasteiger partial charge >= 0.3 is 0 Å². The van der Waals surface area contributed by atoms with Crippen LogP contribution in [0.2, 0.25) is 0 Å². The molecule has 0 bridgehead atoms. The fourth-order valence-corrected chi connectivity index (χ4v) is 5.49. The van der Waals surface area contributed by atoms with E-state index in [1.54, 1.807) is 19.1 Å². The minimum Gasteiger partial charge on any atom is -0.343 e. The summed E-state index contributed by atoms with van der Waals surface area (Å²) in [4.78, 5) is 18.7. The number of aromatic nitrogens is 2. The molecule has 1 saturated heterocycles. The molecule has 0 radical (unpaired) electrons. The van der Waals surface area contributed by atoms with Gasteiger partial charge in [-0.15, -0.1) is 0 Å². The molecule has 2 heterocycles. The van der Waals surface area contributed by atoms with Crippen LogP contribution in [-0.2, 0) is 26.6 Å². The first-order valence-corrected chi connectivity index (χ1v) is 12.4. The van der Waals surface area contributed by atoms with E-state index in [0.717, 1.165) is 49.3 Å². The van der Waals surface area contributed by atoms with Gasteiger partial charge < -0.3 is 15.2 Å². The summed E-state index contributed by atoms with van der Waals surface area (Å²) in [5.74, 6) is 1.62. The summed E-state index contributed by atoms with van der Waals surface area (Å²) >= 11 is 0. The Morgan fingerprint density at radius 2 is 1.90 bits per heavy atom. The largest absolute Gasteiger partial charge is 0.343 e. The second-order valence-electron chi connectivity index (χ2n) is 9.36. The fraction of sp³-hybridized carbons (Fsp3) is 0.636. The molecule has 1 aromatic carbocycles. The molecule has 0 saturated carbocycles. The lowest BCUT2D eigenvalue weighted by Crippen LogP contribution is -2.38. The van der Waals surface area contributed by atoms with E-state index >= 15 is 0 Å². The van der Waals surface area contributed by atoms with Gasteiger partial charge in [-0.05, 0) is 49.9 Å². The quantitative estimate of drug-likeness (QED) is 0.754. The second-order valence-corrected chi connectivity index (χ2v) is 11.5. The summed E-state index contributed by atoms with van der Waals surface area (Å²) in [5, 5.41) is 0. The maximum Gasteiger partial charge on any atom is 0.219 e. The average Bonchev–Trinajstić information content (AvgIpc) is 3.05. The summed E-state index contributed by atoms with van der Waals surface area (Å²) in [6, 6.07) is 5.28. The first-order chi connectivity index (χ1) is 14.0. The zero-order valence-corrected chi connectivity index (χ0v) is 19.3. The van der Waals surface area contributed by atoms with E-state index in [1.165, 1.54) is 0 Å². The molecule has 30 heavy (non-hydrogen) atoms. The lowest BCUT2D eigenvalue weighted by atomic mass is 9.93. The van der Waals surface area contributed by atoms with Crippen molar-refractivity contribution in [2.75, 3.05) is 25.4 Å². The van der Waals surface area contributed by atoms with Gasteiger partial charge in [-0.1, -0.05) is 20.8 Å². The van der Waals surface area contributed by atoms with E-state index < -0.39 is 9.84 Å². The highest BCUT2D eigenvalue weighted by Gasteiger charge is 2.27. The molecule has 0 unspecified atom stereocenters. The molecule has 1 aromatic heterocycles. The Bertz CT molecular complexity index is 1010. The number of benzene rings is 1. The van der Waals surface area contributed by atoms with Crippen molar-refractivity contribution in [3.05, 3.63) is 24.0 Å². The molecule has 0 atom stereocenters. The molecule has 2 N–H and O–H groups in total. The summed E-state index contributed by atoms with van der Waals surface area (Å²) in [6.07, 6.45) is 2.38. The molecule has 1 aliphatic heterocycles. The van der Waals surface area contributed by atoms with Crippen LogP contribution in [0.25, 0.3) is 11.0 Å². The minimum absolute atomic E-state index is 0.0521. The number of sulfone groups is 1. The third-order valence-electron chi connectivity index (χ3n) is 5.87. The van der Waals surface area contributed by atoms with E-state index in [0.29, 0.717) is 23.8 Å². The number of carbonyl (C=O) groups excluding carboxylic acids is 1. The molecule has 7 nitrogen and oxygen atoms in total. The Morgan fingerprint density at radius 3 is 2.47 bits per heavy atom. The third-order valence-corrected chi connectivity index (χ3v) is 7.67. The predicted molar refractivity (Wildman–Crippen MR) is 119 cm³/mol. The van der Waals surface area contributed by atoms with Gasteiger partial charge in [0.15, 0.2) is 9.84 Å². The Hall–Kier alpha value is -1.93. The van der Waals surface area contributed by atoms with E-state index in [2.05, 4.69) is 25.3 Å². The number of nitrogens with zero attached hydrogens (tertiary/aromatic N) is 3. The van der Waals surface area contributed by atoms with Crippen LogP contribution in [-0.4, -0.2) is 54.2 Å². The van der Waals surface area contributed by atoms with Crippen LogP contribution >= 0.6 is 0 Å². The molecular weight excluding hydrogens is 400 g/mol. The van der Waals surface area contributed by atoms with Crippen LogP contribution in [0.15, 0.2) is 23.1 Å². The number of hydrogen-bond donors (Lipinski definition) is 1. The first kappa shape index (κ1) is 22.7. The number of likely N-dealkylation sites (tertiary alicyclic amines) is 1. The summed E-state index contributed by atoms with van der Waals surface area (Å²) in [6.45, 7) is 10.8. The topological polar surface area (TPSA) is 98.3 Å². The van der Waals surface area contributed by atoms with Crippen LogP contribution in [0.4, 0.5) is 0 Å². The lowest BCUT2D eigenvalue weighted by molar-refractivity contribution is -0.130.